The molecule has 3 rings (SSSR count). The molecule has 3 unspecified atom stereocenters. The maximum atomic E-state index is 3.72. The second-order valence-electron chi connectivity index (χ2n) is 5.06. The molecular formula is C13H19N. The lowest BCUT2D eigenvalue weighted by molar-refractivity contribution is 0.250. The molecular weight excluding hydrogens is 170 g/mol. The molecule has 76 valence electrons. The van der Waals surface area contributed by atoms with Crippen molar-refractivity contribution in [2.75, 3.05) is 0 Å². The van der Waals surface area contributed by atoms with E-state index in [1.165, 1.54) is 37.8 Å². The maximum absolute atomic E-state index is 3.72. The fourth-order valence-electron chi connectivity index (χ4n) is 3.53. The van der Waals surface area contributed by atoms with E-state index in [-0.39, 0.29) is 0 Å². The Kier molecular flexibility index (Phi) is 1.93. The smallest absolute Gasteiger partial charge is 0.0335 e. The second-order valence-corrected chi connectivity index (χ2v) is 5.06. The fourth-order valence-corrected chi connectivity index (χ4v) is 3.53. The highest BCUT2D eigenvalue weighted by atomic mass is 15.0. The van der Waals surface area contributed by atoms with Crippen LogP contribution >= 0.6 is 0 Å². The van der Waals surface area contributed by atoms with Gasteiger partial charge in [0.25, 0.3) is 0 Å². The van der Waals surface area contributed by atoms with E-state index in [4.69, 9.17) is 0 Å². The molecule has 0 aromatic heterocycles. The highest BCUT2D eigenvalue weighted by Gasteiger charge is 2.39. The summed E-state index contributed by atoms with van der Waals surface area (Å²) in [4.78, 5) is 0. The first-order chi connectivity index (χ1) is 6.86. The Balaban J connectivity index is 1.93. The van der Waals surface area contributed by atoms with Gasteiger partial charge < -0.3 is 5.32 Å². The van der Waals surface area contributed by atoms with Gasteiger partial charge in [0.1, 0.15) is 0 Å². The van der Waals surface area contributed by atoms with E-state index in [0.717, 1.165) is 17.9 Å². The SMILES string of the molecule is CC1CCCC2NC3=C(CCC=C3)C12. The summed E-state index contributed by atoms with van der Waals surface area (Å²) in [5.41, 5.74) is 3.21. The number of hydrogen-bond donors (Lipinski definition) is 1. The Morgan fingerprint density at radius 2 is 2.29 bits per heavy atom. The zero-order valence-electron chi connectivity index (χ0n) is 8.92. The molecule has 0 saturated heterocycles. The van der Waals surface area contributed by atoms with Crippen LogP contribution in [0.2, 0.25) is 0 Å². The van der Waals surface area contributed by atoms with Crippen LogP contribution in [0.1, 0.15) is 39.0 Å². The van der Waals surface area contributed by atoms with E-state index >= 15 is 0 Å². The van der Waals surface area contributed by atoms with E-state index < -0.39 is 0 Å². The van der Waals surface area contributed by atoms with Crippen LogP contribution in [-0.4, -0.2) is 6.04 Å². The highest BCUT2D eigenvalue weighted by Crippen LogP contribution is 2.43. The first-order valence-electron chi connectivity index (χ1n) is 6.02. The monoisotopic (exact) mass is 189 g/mol. The predicted octanol–water partition coefficient (Wildman–Crippen LogP) is 3.00. The lowest BCUT2D eigenvalue weighted by atomic mass is 9.73. The molecule has 1 aliphatic heterocycles. The maximum Gasteiger partial charge on any atom is 0.0335 e. The van der Waals surface area contributed by atoms with Gasteiger partial charge in [-0.25, -0.2) is 0 Å². The van der Waals surface area contributed by atoms with E-state index in [1.54, 1.807) is 5.57 Å². The van der Waals surface area contributed by atoms with E-state index in [9.17, 15) is 0 Å². The number of allylic oxidation sites excluding steroid dienone is 2. The van der Waals surface area contributed by atoms with Crippen LogP contribution in [0.4, 0.5) is 0 Å². The average molecular weight is 189 g/mol. The van der Waals surface area contributed by atoms with Crippen LogP contribution in [0.5, 0.6) is 0 Å². The van der Waals surface area contributed by atoms with Gasteiger partial charge in [-0.15, -0.1) is 0 Å². The fraction of sp³-hybridized carbons (Fsp3) is 0.692. The van der Waals surface area contributed by atoms with Gasteiger partial charge in [0, 0.05) is 17.7 Å². The molecule has 1 N–H and O–H groups in total. The molecule has 0 aromatic rings. The van der Waals surface area contributed by atoms with Crippen LogP contribution in [0, 0.1) is 11.8 Å². The average Bonchev–Trinajstić information content (AvgIpc) is 2.57. The molecule has 2 aliphatic carbocycles. The zero-order chi connectivity index (χ0) is 9.54. The molecule has 0 radical (unpaired) electrons. The van der Waals surface area contributed by atoms with Crippen LogP contribution in [-0.2, 0) is 0 Å². The normalized spacial score (nSPS) is 40.5. The molecule has 0 spiro atoms. The quantitative estimate of drug-likeness (QED) is 0.617. The summed E-state index contributed by atoms with van der Waals surface area (Å²) in [6.07, 6.45) is 11.4. The third kappa shape index (κ3) is 1.14. The first-order valence-corrected chi connectivity index (χ1v) is 6.02. The third-order valence-electron chi connectivity index (χ3n) is 4.18. The molecule has 1 heteroatoms. The third-order valence-corrected chi connectivity index (χ3v) is 4.18. The van der Waals surface area contributed by atoms with Crippen molar-refractivity contribution in [2.24, 2.45) is 11.8 Å². The molecule has 0 aromatic carbocycles. The molecule has 0 amide bonds. The molecule has 0 bridgehead atoms. The number of hydrogen-bond acceptors (Lipinski definition) is 1. The van der Waals surface area contributed by atoms with E-state index in [0.29, 0.717) is 0 Å². The van der Waals surface area contributed by atoms with Crippen molar-refractivity contribution in [3.8, 4) is 0 Å². The van der Waals surface area contributed by atoms with Gasteiger partial charge in [0.2, 0.25) is 0 Å². The van der Waals surface area contributed by atoms with Crippen molar-refractivity contribution < 1.29 is 0 Å². The molecule has 1 fully saturated rings. The van der Waals surface area contributed by atoms with Gasteiger partial charge in [0.15, 0.2) is 0 Å². The van der Waals surface area contributed by atoms with Gasteiger partial charge in [-0.1, -0.05) is 19.4 Å². The first kappa shape index (κ1) is 8.58. The van der Waals surface area contributed by atoms with Gasteiger partial charge in [-0.2, -0.15) is 0 Å². The summed E-state index contributed by atoms with van der Waals surface area (Å²) < 4.78 is 0. The Hall–Kier alpha value is -0.720. The van der Waals surface area contributed by atoms with Crippen molar-refractivity contribution in [1.29, 1.82) is 0 Å². The van der Waals surface area contributed by atoms with E-state index in [2.05, 4.69) is 24.4 Å². The summed E-state index contributed by atoms with van der Waals surface area (Å²) in [7, 11) is 0. The van der Waals surface area contributed by atoms with Crippen molar-refractivity contribution in [3.63, 3.8) is 0 Å². The Bertz CT molecular complexity index is 300. The van der Waals surface area contributed by atoms with Crippen LogP contribution in [0.15, 0.2) is 23.4 Å². The Morgan fingerprint density at radius 1 is 1.36 bits per heavy atom. The molecule has 1 saturated carbocycles. The lowest BCUT2D eigenvalue weighted by Crippen LogP contribution is -2.35. The summed E-state index contributed by atoms with van der Waals surface area (Å²) in [6.45, 7) is 2.44. The topological polar surface area (TPSA) is 12.0 Å². The number of fused-ring (bicyclic) bond motifs is 2. The molecule has 3 atom stereocenters. The minimum atomic E-state index is 0.770. The summed E-state index contributed by atoms with van der Waals surface area (Å²) in [5.74, 6) is 1.77. The summed E-state index contributed by atoms with van der Waals surface area (Å²) >= 11 is 0. The standard InChI is InChI=1S/C13H19N/c1-9-5-4-8-12-13(9)10-6-2-3-7-11(10)14-12/h3,7,9,12-14H,2,4-6,8H2,1H3. The minimum Gasteiger partial charge on any atom is -0.382 e. The Labute approximate surface area is 86.3 Å². The predicted molar refractivity (Wildman–Crippen MR) is 58.8 cm³/mol. The number of nitrogens with one attached hydrogen (secondary N) is 1. The lowest BCUT2D eigenvalue weighted by Gasteiger charge is -2.33. The van der Waals surface area contributed by atoms with Crippen molar-refractivity contribution >= 4 is 0 Å². The van der Waals surface area contributed by atoms with Gasteiger partial charge in [0.05, 0.1) is 0 Å². The van der Waals surface area contributed by atoms with Crippen LogP contribution in [0.3, 0.4) is 0 Å². The van der Waals surface area contributed by atoms with Gasteiger partial charge >= 0.3 is 0 Å². The van der Waals surface area contributed by atoms with Crippen molar-refractivity contribution in [3.05, 3.63) is 23.4 Å². The summed E-state index contributed by atoms with van der Waals surface area (Å²) in [5, 5.41) is 3.72. The number of rotatable bonds is 0. The van der Waals surface area contributed by atoms with E-state index in [1.807, 2.05) is 0 Å². The summed E-state index contributed by atoms with van der Waals surface area (Å²) in [6, 6.07) is 0.770. The molecule has 14 heavy (non-hydrogen) atoms. The van der Waals surface area contributed by atoms with Crippen molar-refractivity contribution in [1.82, 2.24) is 5.32 Å². The molecule has 1 heterocycles. The second kappa shape index (κ2) is 3.15. The largest absolute Gasteiger partial charge is 0.382 e. The van der Waals surface area contributed by atoms with Crippen molar-refractivity contribution in [2.45, 2.75) is 45.1 Å². The van der Waals surface area contributed by atoms with Gasteiger partial charge in [-0.05, 0) is 43.3 Å². The highest BCUT2D eigenvalue weighted by molar-refractivity contribution is 5.36. The minimum absolute atomic E-state index is 0.770. The van der Waals surface area contributed by atoms with Gasteiger partial charge in [-0.3, -0.25) is 0 Å². The zero-order valence-corrected chi connectivity index (χ0v) is 8.92. The van der Waals surface area contributed by atoms with Crippen LogP contribution < -0.4 is 5.32 Å². The Morgan fingerprint density at radius 3 is 3.21 bits per heavy atom. The van der Waals surface area contributed by atoms with Crippen LogP contribution in [0.25, 0.3) is 0 Å². The molecule has 3 aliphatic rings. The molecule has 1 nitrogen and oxygen atoms in total.